The molecule has 148 valence electrons. The molecule has 2 aromatic rings. The maximum atomic E-state index is 11.9. The van der Waals surface area contributed by atoms with Crippen LogP contribution in [0, 0.1) is 0 Å². The van der Waals surface area contributed by atoms with E-state index >= 15 is 0 Å². The number of urea groups is 1. The number of benzene rings is 1. The topological polar surface area (TPSA) is 63.5 Å². The smallest absolute Gasteiger partial charge is 0.319 e. The SMILES string of the molecule is CCCCCCCCCCOc1ccc(NC(=O)NCc2ccco2)cc1. The van der Waals surface area contributed by atoms with E-state index in [1.807, 2.05) is 30.3 Å². The lowest BCUT2D eigenvalue weighted by molar-refractivity contribution is 0.251. The Morgan fingerprint density at radius 2 is 1.67 bits per heavy atom. The normalized spacial score (nSPS) is 10.6. The number of carbonyl (C=O) groups is 1. The molecular weight excluding hydrogens is 340 g/mol. The van der Waals surface area contributed by atoms with E-state index in [-0.39, 0.29) is 6.03 Å². The zero-order valence-electron chi connectivity index (χ0n) is 16.3. The van der Waals surface area contributed by atoms with Gasteiger partial charge in [0.15, 0.2) is 0 Å². The number of rotatable bonds is 13. The van der Waals surface area contributed by atoms with Gasteiger partial charge in [-0.15, -0.1) is 0 Å². The number of unbranched alkanes of at least 4 members (excludes halogenated alkanes) is 7. The number of nitrogens with one attached hydrogen (secondary N) is 2. The van der Waals surface area contributed by atoms with Crippen LogP contribution in [0.25, 0.3) is 0 Å². The van der Waals surface area contributed by atoms with E-state index in [2.05, 4.69) is 17.6 Å². The molecule has 5 nitrogen and oxygen atoms in total. The summed E-state index contributed by atoms with van der Waals surface area (Å²) in [6.45, 7) is 3.35. The van der Waals surface area contributed by atoms with Gasteiger partial charge in [0.05, 0.1) is 19.4 Å². The van der Waals surface area contributed by atoms with Crippen LogP contribution in [-0.4, -0.2) is 12.6 Å². The van der Waals surface area contributed by atoms with E-state index in [0.29, 0.717) is 6.54 Å². The molecule has 2 rings (SSSR count). The van der Waals surface area contributed by atoms with Gasteiger partial charge in [-0.2, -0.15) is 0 Å². The molecular formula is C22H32N2O3. The van der Waals surface area contributed by atoms with Crippen LogP contribution in [0.2, 0.25) is 0 Å². The van der Waals surface area contributed by atoms with Gasteiger partial charge in [-0.3, -0.25) is 0 Å². The summed E-state index contributed by atoms with van der Waals surface area (Å²) in [6, 6.07) is 10.8. The molecule has 1 aromatic heterocycles. The third-order valence-electron chi connectivity index (χ3n) is 4.38. The van der Waals surface area contributed by atoms with Crippen molar-refractivity contribution in [3.63, 3.8) is 0 Å². The summed E-state index contributed by atoms with van der Waals surface area (Å²) in [4.78, 5) is 11.9. The lowest BCUT2D eigenvalue weighted by Gasteiger charge is -2.09. The van der Waals surface area contributed by atoms with Gasteiger partial charge in [-0.1, -0.05) is 51.9 Å². The van der Waals surface area contributed by atoms with E-state index in [9.17, 15) is 4.79 Å². The monoisotopic (exact) mass is 372 g/mol. The molecule has 2 amide bonds. The van der Waals surface area contributed by atoms with Gasteiger partial charge < -0.3 is 19.8 Å². The predicted molar refractivity (Wildman–Crippen MR) is 109 cm³/mol. The lowest BCUT2D eigenvalue weighted by Crippen LogP contribution is -2.27. The molecule has 0 aliphatic rings. The maximum Gasteiger partial charge on any atom is 0.319 e. The number of amides is 2. The molecule has 0 fully saturated rings. The van der Waals surface area contributed by atoms with E-state index in [1.165, 1.54) is 44.9 Å². The Labute approximate surface area is 162 Å². The van der Waals surface area contributed by atoms with Crippen molar-refractivity contribution < 1.29 is 13.9 Å². The van der Waals surface area contributed by atoms with Crippen LogP contribution in [0.4, 0.5) is 10.5 Å². The lowest BCUT2D eigenvalue weighted by atomic mass is 10.1. The van der Waals surface area contributed by atoms with Crippen molar-refractivity contribution in [3.05, 3.63) is 48.4 Å². The van der Waals surface area contributed by atoms with E-state index in [1.54, 1.807) is 12.3 Å². The molecule has 0 atom stereocenters. The average molecular weight is 373 g/mol. The summed E-state index contributed by atoms with van der Waals surface area (Å²) in [6.07, 6.45) is 11.9. The number of furan rings is 1. The van der Waals surface area contributed by atoms with Crippen LogP contribution < -0.4 is 15.4 Å². The maximum absolute atomic E-state index is 11.9. The fourth-order valence-corrected chi connectivity index (χ4v) is 2.82. The number of carbonyl (C=O) groups excluding carboxylic acids is 1. The Morgan fingerprint density at radius 3 is 2.33 bits per heavy atom. The molecule has 1 heterocycles. The van der Waals surface area contributed by atoms with Crippen molar-refractivity contribution in [1.82, 2.24) is 5.32 Å². The third kappa shape index (κ3) is 9.18. The van der Waals surface area contributed by atoms with Crippen LogP contribution >= 0.6 is 0 Å². The number of ether oxygens (including phenoxy) is 1. The van der Waals surface area contributed by atoms with Crippen LogP contribution in [0.15, 0.2) is 47.1 Å². The predicted octanol–water partition coefficient (Wildman–Crippen LogP) is 6.12. The van der Waals surface area contributed by atoms with Gasteiger partial charge in [-0.25, -0.2) is 4.79 Å². The largest absolute Gasteiger partial charge is 0.494 e. The van der Waals surface area contributed by atoms with Crippen LogP contribution in [-0.2, 0) is 6.54 Å². The van der Waals surface area contributed by atoms with Crippen molar-refractivity contribution >= 4 is 11.7 Å². The molecule has 0 saturated heterocycles. The van der Waals surface area contributed by atoms with Crippen molar-refractivity contribution in [3.8, 4) is 5.75 Å². The number of hydrogen-bond donors (Lipinski definition) is 2. The summed E-state index contributed by atoms with van der Waals surface area (Å²) in [5, 5.41) is 5.53. The molecule has 2 N–H and O–H groups in total. The molecule has 0 unspecified atom stereocenters. The minimum absolute atomic E-state index is 0.265. The van der Waals surface area contributed by atoms with Gasteiger partial charge in [0.25, 0.3) is 0 Å². The second-order valence-electron chi connectivity index (χ2n) is 6.73. The molecule has 0 spiro atoms. The van der Waals surface area contributed by atoms with Crippen molar-refractivity contribution in [2.45, 2.75) is 64.8 Å². The molecule has 1 aromatic carbocycles. The third-order valence-corrected chi connectivity index (χ3v) is 4.38. The van der Waals surface area contributed by atoms with Crippen LogP contribution in [0.1, 0.15) is 64.1 Å². The van der Waals surface area contributed by atoms with E-state index in [0.717, 1.165) is 30.2 Å². The number of anilines is 1. The molecule has 0 saturated carbocycles. The summed E-state index contributed by atoms with van der Waals surface area (Å²) < 4.78 is 10.9. The van der Waals surface area contributed by atoms with E-state index in [4.69, 9.17) is 9.15 Å². The molecule has 0 bridgehead atoms. The van der Waals surface area contributed by atoms with Gasteiger partial charge in [0.2, 0.25) is 0 Å². The fourth-order valence-electron chi connectivity index (χ4n) is 2.82. The Bertz CT molecular complexity index is 624. The van der Waals surface area contributed by atoms with Gasteiger partial charge in [-0.05, 0) is 42.8 Å². The van der Waals surface area contributed by atoms with Gasteiger partial charge in [0.1, 0.15) is 11.5 Å². The van der Waals surface area contributed by atoms with E-state index < -0.39 is 0 Å². The molecule has 0 radical (unpaired) electrons. The first kappa shape index (κ1) is 20.9. The minimum Gasteiger partial charge on any atom is -0.494 e. The highest BCUT2D eigenvalue weighted by molar-refractivity contribution is 5.89. The first-order chi connectivity index (χ1) is 13.3. The van der Waals surface area contributed by atoms with Gasteiger partial charge >= 0.3 is 6.03 Å². The van der Waals surface area contributed by atoms with Crippen LogP contribution in [0.3, 0.4) is 0 Å². The summed E-state index contributed by atoms with van der Waals surface area (Å²) in [7, 11) is 0. The van der Waals surface area contributed by atoms with Crippen LogP contribution in [0.5, 0.6) is 5.75 Å². The second kappa shape index (κ2) is 12.8. The first-order valence-electron chi connectivity index (χ1n) is 10.1. The molecule has 0 aliphatic heterocycles. The highest BCUT2D eigenvalue weighted by Gasteiger charge is 2.03. The quantitative estimate of drug-likeness (QED) is 0.416. The highest BCUT2D eigenvalue weighted by Crippen LogP contribution is 2.16. The highest BCUT2D eigenvalue weighted by atomic mass is 16.5. The van der Waals surface area contributed by atoms with Crippen molar-refractivity contribution in [2.75, 3.05) is 11.9 Å². The standard InChI is InChI=1S/C22H32N2O3/c1-2-3-4-5-6-7-8-9-16-26-20-14-12-19(13-15-20)24-22(25)23-18-21-11-10-17-27-21/h10-15,17H,2-9,16,18H2,1H3,(H2,23,24,25). The molecule has 5 heteroatoms. The summed E-state index contributed by atoms with van der Waals surface area (Å²) in [5.74, 6) is 1.55. The zero-order chi connectivity index (χ0) is 19.2. The Morgan fingerprint density at radius 1 is 0.963 bits per heavy atom. The van der Waals surface area contributed by atoms with Crippen molar-refractivity contribution in [2.24, 2.45) is 0 Å². The zero-order valence-corrected chi connectivity index (χ0v) is 16.3. The Balaban J connectivity index is 1.54. The molecule has 0 aliphatic carbocycles. The summed E-state index contributed by atoms with van der Waals surface area (Å²) >= 11 is 0. The Hall–Kier alpha value is -2.43. The summed E-state index contributed by atoms with van der Waals surface area (Å²) in [5.41, 5.74) is 0.728. The molecule has 27 heavy (non-hydrogen) atoms. The minimum atomic E-state index is -0.265. The average Bonchev–Trinajstić information content (AvgIpc) is 3.20. The number of hydrogen-bond acceptors (Lipinski definition) is 3. The Kier molecular flexibility index (Phi) is 9.93. The first-order valence-corrected chi connectivity index (χ1v) is 10.1. The fraction of sp³-hybridized carbons (Fsp3) is 0.500. The van der Waals surface area contributed by atoms with Gasteiger partial charge in [0, 0.05) is 5.69 Å². The van der Waals surface area contributed by atoms with Crippen molar-refractivity contribution in [1.29, 1.82) is 0 Å². The second-order valence-corrected chi connectivity index (χ2v) is 6.73.